The third-order valence-corrected chi connectivity index (χ3v) is 3.03. The molecule has 0 saturated carbocycles. The van der Waals surface area contributed by atoms with Gasteiger partial charge in [-0.1, -0.05) is 34.7 Å². The Morgan fingerprint density at radius 1 is 1.45 bits per heavy atom. The molecule has 4 heteroatoms. The van der Waals surface area contributed by atoms with Crippen LogP contribution in [-0.4, -0.2) is 19.7 Å². The zero-order chi connectivity index (χ0) is 14.8. The average Bonchev–Trinajstić information content (AvgIpc) is 2.47. The van der Waals surface area contributed by atoms with Gasteiger partial charge in [0.15, 0.2) is 0 Å². The van der Waals surface area contributed by atoms with E-state index in [1.807, 2.05) is 22.3 Å². The van der Waals surface area contributed by atoms with Gasteiger partial charge in [0, 0.05) is 6.42 Å². The van der Waals surface area contributed by atoms with Crippen molar-refractivity contribution in [3.05, 3.63) is 33.4 Å². The number of carbonyl (C=O) groups is 1. The van der Waals surface area contributed by atoms with Crippen LogP contribution in [0.2, 0.25) is 0 Å². The van der Waals surface area contributed by atoms with Crippen molar-refractivity contribution in [1.29, 1.82) is 0 Å². The number of ether oxygens (including phenoxy) is 2. The van der Waals surface area contributed by atoms with E-state index in [0.717, 1.165) is 18.4 Å². The summed E-state index contributed by atoms with van der Waals surface area (Å²) in [5.41, 5.74) is 1.24. The summed E-state index contributed by atoms with van der Waals surface area (Å²) >= 11 is 2.11. The lowest BCUT2D eigenvalue weighted by Crippen LogP contribution is -2.10. The molecule has 0 amide bonds. The molecule has 0 unspecified atom stereocenters. The number of rotatable bonds is 7. The van der Waals surface area contributed by atoms with Crippen LogP contribution in [0, 0.1) is 12.3 Å². The van der Waals surface area contributed by atoms with Crippen LogP contribution in [0.4, 0.5) is 0 Å². The average molecular weight is 384 g/mol. The van der Waals surface area contributed by atoms with Crippen LogP contribution < -0.4 is 4.74 Å². The van der Waals surface area contributed by atoms with Crippen molar-refractivity contribution in [3.8, 4) is 18.1 Å². The second kappa shape index (κ2) is 9.43. The molecule has 106 valence electrons. The minimum absolute atomic E-state index is 0.367. The molecule has 1 aromatic carbocycles. The number of unbranched alkanes of at least 4 members (excludes halogenated alkanes) is 2. The minimum Gasteiger partial charge on any atom is -0.496 e. The fourth-order valence-corrected chi connectivity index (χ4v) is 2.10. The highest BCUT2D eigenvalue weighted by molar-refractivity contribution is 14.1. The van der Waals surface area contributed by atoms with Crippen molar-refractivity contribution in [3.63, 3.8) is 0 Å². The van der Waals surface area contributed by atoms with E-state index in [0.29, 0.717) is 24.3 Å². The molecule has 3 nitrogen and oxygen atoms in total. The van der Waals surface area contributed by atoms with Crippen molar-refractivity contribution < 1.29 is 14.3 Å². The summed E-state index contributed by atoms with van der Waals surface area (Å²) in [4.78, 5) is 12.2. The molecule has 0 aliphatic rings. The van der Waals surface area contributed by atoms with Crippen molar-refractivity contribution in [2.75, 3.05) is 13.7 Å². The number of halogens is 1. The molecule has 0 bridgehead atoms. The van der Waals surface area contributed by atoms with Gasteiger partial charge in [0.1, 0.15) is 11.3 Å². The number of carbonyl (C=O) groups excluding carboxylic acids is 1. The van der Waals surface area contributed by atoms with Crippen LogP contribution in [0.1, 0.15) is 35.2 Å². The smallest absolute Gasteiger partial charge is 0.342 e. The number of esters is 1. The maximum Gasteiger partial charge on any atom is 0.342 e. The van der Waals surface area contributed by atoms with Crippen LogP contribution in [0.5, 0.6) is 5.75 Å². The first-order valence-corrected chi connectivity index (χ1v) is 7.53. The SMILES string of the molecule is C#CCCCCOC(=O)c1c(/C=C/I)cccc1OC. The highest BCUT2D eigenvalue weighted by atomic mass is 127. The van der Waals surface area contributed by atoms with E-state index in [4.69, 9.17) is 15.9 Å². The highest BCUT2D eigenvalue weighted by Crippen LogP contribution is 2.24. The third-order valence-electron chi connectivity index (χ3n) is 2.67. The Kier molecular flexibility index (Phi) is 7.81. The van der Waals surface area contributed by atoms with Gasteiger partial charge >= 0.3 is 5.97 Å². The van der Waals surface area contributed by atoms with Crippen molar-refractivity contribution in [1.82, 2.24) is 0 Å². The van der Waals surface area contributed by atoms with Crippen LogP contribution in [0.3, 0.4) is 0 Å². The van der Waals surface area contributed by atoms with Gasteiger partial charge in [-0.2, -0.15) is 0 Å². The fraction of sp³-hybridized carbons (Fsp3) is 0.312. The van der Waals surface area contributed by atoms with Crippen LogP contribution in [0.15, 0.2) is 22.3 Å². The highest BCUT2D eigenvalue weighted by Gasteiger charge is 2.17. The van der Waals surface area contributed by atoms with E-state index in [1.165, 1.54) is 7.11 Å². The van der Waals surface area contributed by atoms with Crippen molar-refractivity contribution >= 4 is 34.6 Å². The Balaban J connectivity index is 2.78. The minimum atomic E-state index is -0.368. The van der Waals surface area contributed by atoms with E-state index >= 15 is 0 Å². The maximum atomic E-state index is 12.2. The number of benzene rings is 1. The monoisotopic (exact) mass is 384 g/mol. The molecule has 20 heavy (non-hydrogen) atoms. The lowest BCUT2D eigenvalue weighted by Gasteiger charge is -2.11. The third kappa shape index (κ3) is 4.89. The Labute approximate surface area is 133 Å². The Bertz CT molecular complexity index is 515. The second-order valence-electron chi connectivity index (χ2n) is 4.01. The van der Waals surface area contributed by atoms with Crippen molar-refractivity contribution in [2.45, 2.75) is 19.3 Å². The summed E-state index contributed by atoms with van der Waals surface area (Å²) in [6.45, 7) is 0.367. The van der Waals surface area contributed by atoms with Gasteiger partial charge in [0.25, 0.3) is 0 Å². The summed E-state index contributed by atoms with van der Waals surface area (Å²) < 4.78 is 12.4. The molecule has 0 spiro atoms. The number of hydrogen-bond acceptors (Lipinski definition) is 3. The topological polar surface area (TPSA) is 35.5 Å². The predicted octanol–water partition coefficient (Wildman–Crippen LogP) is 4.06. The fourth-order valence-electron chi connectivity index (χ4n) is 1.71. The van der Waals surface area contributed by atoms with E-state index in [1.54, 1.807) is 6.07 Å². The second-order valence-corrected chi connectivity index (χ2v) is 4.73. The number of terminal acetylenes is 1. The molecule has 1 rings (SSSR count). The van der Waals surface area contributed by atoms with E-state index in [9.17, 15) is 4.79 Å². The van der Waals surface area contributed by atoms with E-state index < -0.39 is 0 Å². The zero-order valence-corrected chi connectivity index (χ0v) is 13.6. The standard InChI is InChI=1S/C16H17IO3/c1-3-4-5-6-12-20-16(18)15-13(10-11-17)8-7-9-14(15)19-2/h1,7-11H,4-6,12H2,2H3/b11-10+. The largest absolute Gasteiger partial charge is 0.496 e. The van der Waals surface area contributed by atoms with Gasteiger partial charge in [-0.05, 0) is 34.6 Å². The van der Waals surface area contributed by atoms with Crippen LogP contribution in [-0.2, 0) is 4.74 Å². The molecule has 0 atom stereocenters. The van der Waals surface area contributed by atoms with Crippen LogP contribution in [0.25, 0.3) is 6.08 Å². The molecular formula is C16H17IO3. The summed E-state index contributed by atoms with van der Waals surface area (Å²) in [5.74, 6) is 2.71. The van der Waals surface area contributed by atoms with Gasteiger partial charge in [-0.15, -0.1) is 12.3 Å². The Morgan fingerprint density at radius 3 is 2.90 bits per heavy atom. The zero-order valence-electron chi connectivity index (χ0n) is 11.4. The van der Waals surface area contributed by atoms with E-state index in [2.05, 4.69) is 28.5 Å². The van der Waals surface area contributed by atoms with Gasteiger partial charge in [0.2, 0.25) is 0 Å². The summed E-state index contributed by atoms with van der Waals surface area (Å²) in [7, 11) is 1.54. The molecule has 1 aromatic rings. The number of hydrogen-bond donors (Lipinski definition) is 0. The van der Waals surface area contributed by atoms with Gasteiger partial charge in [-0.25, -0.2) is 4.79 Å². The molecule has 0 saturated heterocycles. The predicted molar refractivity (Wildman–Crippen MR) is 89.0 cm³/mol. The summed E-state index contributed by atoms with van der Waals surface area (Å²) in [6, 6.07) is 5.45. The van der Waals surface area contributed by atoms with Crippen LogP contribution >= 0.6 is 22.6 Å². The molecule has 0 N–H and O–H groups in total. The first kappa shape index (κ1) is 16.6. The molecule has 0 aliphatic carbocycles. The lowest BCUT2D eigenvalue weighted by atomic mass is 10.1. The lowest BCUT2D eigenvalue weighted by molar-refractivity contribution is 0.0495. The molecule has 0 aromatic heterocycles. The number of methoxy groups -OCH3 is 1. The van der Waals surface area contributed by atoms with E-state index in [-0.39, 0.29) is 5.97 Å². The van der Waals surface area contributed by atoms with Crippen molar-refractivity contribution in [2.24, 2.45) is 0 Å². The molecule has 0 fully saturated rings. The summed E-state index contributed by atoms with van der Waals surface area (Å²) in [5, 5.41) is 0. The summed E-state index contributed by atoms with van der Waals surface area (Å²) in [6.07, 6.45) is 9.34. The molecule has 0 heterocycles. The van der Waals surface area contributed by atoms with Gasteiger partial charge in [-0.3, -0.25) is 0 Å². The molecule has 0 radical (unpaired) electrons. The van der Waals surface area contributed by atoms with Gasteiger partial charge in [0.05, 0.1) is 13.7 Å². The molecule has 0 aliphatic heterocycles. The Morgan fingerprint density at radius 2 is 2.25 bits per heavy atom. The van der Waals surface area contributed by atoms with Gasteiger partial charge < -0.3 is 9.47 Å². The first-order valence-electron chi connectivity index (χ1n) is 6.29. The normalized spacial score (nSPS) is 10.2. The maximum absolute atomic E-state index is 12.2. The quantitative estimate of drug-likeness (QED) is 0.308. The Hall–Kier alpha value is -1.48. The molecular weight excluding hydrogens is 367 g/mol. The first-order chi connectivity index (χ1) is 9.74.